The van der Waals surface area contributed by atoms with Gasteiger partial charge >= 0.3 is 5.97 Å². The average molecular weight is 396 g/mol. The largest absolute Gasteiger partial charge is 0.479 e. The quantitative estimate of drug-likeness (QED) is 0.703. The Morgan fingerprint density at radius 1 is 0.897 bits per heavy atom. The number of amides is 1. The van der Waals surface area contributed by atoms with Crippen LogP contribution in [0.2, 0.25) is 0 Å². The molecule has 2 aromatic rings. The van der Waals surface area contributed by atoms with Gasteiger partial charge in [-0.25, -0.2) is 4.79 Å². The van der Waals surface area contributed by atoms with Gasteiger partial charge in [-0.1, -0.05) is 30.3 Å². The van der Waals surface area contributed by atoms with Crippen LogP contribution in [-0.2, 0) is 14.3 Å². The molecule has 1 heterocycles. The zero-order valence-electron chi connectivity index (χ0n) is 17.2. The van der Waals surface area contributed by atoms with Crippen molar-refractivity contribution < 1.29 is 19.1 Å². The predicted molar refractivity (Wildman–Crippen MR) is 112 cm³/mol. The van der Waals surface area contributed by atoms with E-state index in [-0.39, 0.29) is 5.91 Å². The summed E-state index contributed by atoms with van der Waals surface area (Å²) >= 11 is 0. The van der Waals surface area contributed by atoms with E-state index in [0.29, 0.717) is 18.8 Å². The summed E-state index contributed by atoms with van der Waals surface area (Å²) < 4.78 is 11.0. The average Bonchev–Trinajstić information content (AvgIpc) is 2.74. The van der Waals surface area contributed by atoms with E-state index < -0.39 is 18.2 Å². The molecule has 1 saturated heterocycles. The van der Waals surface area contributed by atoms with Crippen LogP contribution < -0.4 is 9.64 Å². The van der Waals surface area contributed by atoms with E-state index in [1.807, 2.05) is 43.3 Å². The van der Waals surface area contributed by atoms with Crippen molar-refractivity contribution in [3.63, 3.8) is 0 Å². The van der Waals surface area contributed by atoms with Crippen LogP contribution in [0, 0.1) is 6.92 Å². The fourth-order valence-corrected chi connectivity index (χ4v) is 3.34. The molecule has 6 nitrogen and oxygen atoms in total. The maximum Gasteiger partial charge on any atom is 0.347 e. The van der Waals surface area contributed by atoms with Crippen molar-refractivity contribution in [3.05, 3.63) is 60.2 Å². The molecule has 2 atom stereocenters. The van der Waals surface area contributed by atoms with E-state index in [0.717, 1.165) is 24.3 Å². The first-order valence-electron chi connectivity index (χ1n) is 9.96. The lowest BCUT2D eigenvalue weighted by atomic mass is 10.2. The van der Waals surface area contributed by atoms with E-state index in [1.165, 1.54) is 0 Å². The smallest absolute Gasteiger partial charge is 0.347 e. The molecule has 1 aliphatic rings. The second-order valence-electron chi connectivity index (χ2n) is 7.30. The van der Waals surface area contributed by atoms with Gasteiger partial charge in [-0.15, -0.1) is 0 Å². The Hall–Kier alpha value is -3.02. The fourth-order valence-electron chi connectivity index (χ4n) is 3.34. The molecule has 0 aliphatic carbocycles. The molecule has 0 bridgehead atoms. The zero-order chi connectivity index (χ0) is 20.8. The third kappa shape index (κ3) is 5.50. The zero-order valence-corrected chi connectivity index (χ0v) is 17.2. The van der Waals surface area contributed by atoms with Gasteiger partial charge in [0.15, 0.2) is 12.2 Å². The highest BCUT2D eigenvalue weighted by Gasteiger charge is 2.29. The van der Waals surface area contributed by atoms with E-state index >= 15 is 0 Å². The normalized spacial score (nSPS) is 16.1. The molecule has 0 spiro atoms. The molecular formula is C23H28N2O4. The van der Waals surface area contributed by atoms with Crippen LogP contribution in [0.4, 0.5) is 5.69 Å². The molecule has 0 N–H and O–H groups in total. The van der Waals surface area contributed by atoms with Crippen molar-refractivity contribution in [1.29, 1.82) is 0 Å². The van der Waals surface area contributed by atoms with Gasteiger partial charge in [-0.3, -0.25) is 4.79 Å². The number of rotatable bonds is 6. The molecule has 0 saturated carbocycles. The molecule has 1 aliphatic heterocycles. The summed E-state index contributed by atoms with van der Waals surface area (Å²) in [5.41, 5.74) is 2.20. The molecule has 0 radical (unpaired) electrons. The highest BCUT2D eigenvalue weighted by Crippen LogP contribution is 2.17. The van der Waals surface area contributed by atoms with Gasteiger partial charge in [0.25, 0.3) is 5.91 Å². The fraction of sp³-hybridized carbons (Fsp3) is 0.391. The van der Waals surface area contributed by atoms with Crippen molar-refractivity contribution >= 4 is 17.6 Å². The van der Waals surface area contributed by atoms with E-state index in [2.05, 4.69) is 17.0 Å². The Balaban J connectivity index is 1.48. The minimum absolute atomic E-state index is 0.172. The summed E-state index contributed by atoms with van der Waals surface area (Å²) in [6.45, 7) is 7.90. The molecule has 1 amide bonds. The number of piperazine rings is 1. The molecule has 0 unspecified atom stereocenters. The van der Waals surface area contributed by atoms with Gasteiger partial charge in [0.2, 0.25) is 0 Å². The highest BCUT2D eigenvalue weighted by molar-refractivity contribution is 5.84. The second kappa shape index (κ2) is 9.45. The Labute approximate surface area is 172 Å². The molecule has 1 fully saturated rings. The van der Waals surface area contributed by atoms with Crippen LogP contribution in [0.5, 0.6) is 5.75 Å². The van der Waals surface area contributed by atoms with Crippen molar-refractivity contribution in [3.8, 4) is 5.75 Å². The molecule has 3 rings (SSSR count). The molecule has 0 aromatic heterocycles. The summed E-state index contributed by atoms with van der Waals surface area (Å²) in [5.74, 6) is -0.116. The Morgan fingerprint density at radius 3 is 2.24 bits per heavy atom. The summed E-state index contributed by atoms with van der Waals surface area (Å²) in [5, 5.41) is 0. The lowest BCUT2D eigenvalue weighted by Crippen LogP contribution is -2.52. The SMILES string of the molecule is Cc1cccc(O[C@@H](C)C(=O)O[C@H](C)C(=O)N2CCN(c3ccccc3)CC2)c1. The third-order valence-electron chi connectivity index (χ3n) is 4.99. The van der Waals surface area contributed by atoms with Crippen molar-refractivity contribution in [1.82, 2.24) is 4.90 Å². The van der Waals surface area contributed by atoms with Crippen molar-refractivity contribution in [2.45, 2.75) is 33.0 Å². The lowest BCUT2D eigenvalue weighted by molar-refractivity contribution is -0.164. The van der Waals surface area contributed by atoms with Crippen LogP contribution in [0.3, 0.4) is 0 Å². The number of hydrogen-bond acceptors (Lipinski definition) is 5. The van der Waals surface area contributed by atoms with Crippen LogP contribution in [-0.4, -0.2) is 55.2 Å². The summed E-state index contributed by atoms with van der Waals surface area (Å²) in [4.78, 5) is 29.0. The van der Waals surface area contributed by atoms with Gasteiger partial charge in [0, 0.05) is 31.9 Å². The third-order valence-corrected chi connectivity index (χ3v) is 4.99. The van der Waals surface area contributed by atoms with E-state index in [1.54, 1.807) is 24.8 Å². The molecule has 6 heteroatoms. The Morgan fingerprint density at radius 2 is 1.59 bits per heavy atom. The number of carbonyl (C=O) groups excluding carboxylic acids is 2. The number of hydrogen-bond donors (Lipinski definition) is 0. The van der Waals surface area contributed by atoms with Crippen molar-refractivity contribution in [2.24, 2.45) is 0 Å². The molecule has 2 aromatic carbocycles. The molecule has 29 heavy (non-hydrogen) atoms. The van der Waals surface area contributed by atoms with Gasteiger partial charge < -0.3 is 19.3 Å². The number of anilines is 1. The highest BCUT2D eigenvalue weighted by atomic mass is 16.6. The van der Waals surface area contributed by atoms with Gasteiger partial charge in [-0.2, -0.15) is 0 Å². The number of para-hydroxylation sites is 1. The number of aryl methyl sites for hydroxylation is 1. The Bertz CT molecular complexity index is 832. The van der Waals surface area contributed by atoms with Gasteiger partial charge in [-0.05, 0) is 50.6 Å². The maximum atomic E-state index is 12.7. The summed E-state index contributed by atoms with van der Waals surface area (Å²) in [6.07, 6.45) is -1.63. The molecular weight excluding hydrogens is 368 g/mol. The monoisotopic (exact) mass is 396 g/mol. The number of benzene rings is 2. The first kappa shape index (κ1) is 20.7. The first-order chi connectivity index (χ1) is 13.9. The summed E-state index contributed by atoms with van der Waals surface area (Å²) in [7, 11) is 0. The number of esters is 1. The van der Waals surface area contributed by atoms with Crippen LogP contribution in [0.1, 0.15) is 19.4 Å². The van der Waals surface area contributed by atoms with Gasteiger partial charge in [0.1, 0.15) is 5.75 Å². The van der Waals surface area contributed by atoms with Crippen LogP contribution in [0.25, 0.3) is 0 Å². The van der Waals surface area contributed by atoms with Crippen LogP contribution in [0.15, 0.2) is 54.6 Å². The van der Waals surface area contributed by atoms with Gasteiger partial charge in [0.05, 0.1) is 0 Å². The molecule has 154 valence electrons. The number of ether oxygens (including phenoxy) is 2. The summed E-state index contributed by atoms with van der Waals surface area (Å²) in [6, 6.07) is 17.6. The second-order valence-corrected chi connectivity index (χ2v) is 7.30. The van der Waals surface area contributed by atoms with Crippen molar-refractivity contribution in [2.75, 3.05) is 31.1 Å². The number of nitrogens with zero attached hydrogens (tertiary/aromatic N) is 2. The van der Waals surface area contributed by atoms with E-state index in [4.69, 9.17) is 9.47 Å². The minimum Gasteiger partial charge on any atom is -0.479 e. The topological polar surface area (TPSA) is 59.1 Å². The first-order valence-corrected chi connectivity index (χ1v) is 9.96. The van der Waals surface area contributed by atoms with Crippen LogP contribution >= 0.6 is 0 Å². The Kier molecular flexibility index (Phi) is 6.75. The maximum absolute atomic E-state index is 12.7. The predicted octanol–water partition coefficient (Wildman–Crippen LogP) is 3.04. The number of carbonyl (C=O) groups is 2. The minimum atomic E-state index is -0.839. The standard InChI is InChI=1S/C23H28N2O4/c1-17-8-7-11-21(16-17)28-19(3)23(27)29-18(2)22(26)25-14-12-24(13-15-25)20-9-5-4-6-10-20/h4-11,16,18-19H,12-15H2,1-3H3/t18-,19+/m1/s1. The van der Waals surface area contributed by atoms with E-state index in [9.17, 15) is 9.59 Å². The lowest BCUT2D eigenvalue weighted by Gasteiger charge is -2.37.